The first kappa shape index (κ1) is 31.8. The van der Waals surface area contributed by atoms with Gasteiger partial charge in [-0.3, -0.25) is 0 Å². The van der Waals surface area contributed by atoms with E-state index in [9.17, 15) is 0 Å². The van der Waals surface area contributed by atoms with E-state index in [0.29, 0.717) is 23.4 Å². The van der Waals surface area contributed by atoms with E-state index in [0.717, 1.165) is 82.7 Å². The zero-order valence-electron chi connectivity index (χ0n) is 30.0. The maximum absolute atomic E-state index is 6.79. The Morgan fingerprint density at radius 3 is 1.61 bits per heavy atom. The molecular formula is C50H31N5O. The summed E-state index contributed by atoms with van der Waals surface area (Å²) in [7, 11) is 0. The molecule has 0 spiro atoms. The molecule has 6 nitrogen and oxygen atoms in total. The van der Waals surface area contributed by atoms with Gasteiger partial charge in [0, 0.05) is 44.1 Å². The Labute approximate surface area is 322 Å². The van der Waals surface area contributed by atoms with Crippen molar-refractivity contribution in [3.8, 4) is 62.4 Å². The predicted molar refractivity (Wildman–Crippen MR) is 226 cm³/mol. The predicted octanol–water partition coefficient (Wildman–Crippen LogP) is 12.6. The number of benzene rings is 8. The number of nitrogens with zero attached hydrogens (tertiary/aromatic N) is 5. The molecule has 0 bridgehead atoms. The van der Waals surface area contributed by atoms with Gasteiger partial charge in [-0.2, -0.15) is 0 Å². The molecule has 0 fully saturated rings. The van der Waals surface area contributed by atoms with Gasteiger partial charge >= 0.3 is 0 Å². The third kappa shape index (κ3) is 5.27. The van der Waals surface area contributed by atoms with Gasteiger partial charge in [0.2, 0.25) is 5.89 Å². The molecule has 0 amide bonds. The number of oxazole rings is 1. The van der Waals surface area contributed by atoms with E-state index < -0.39 is 0 Å². The monoisotopic (exact) mass is 717 g/mol. The first-order valence-electron chi connectivity index (χ1n) is 18.6. The molecule has 3 aromatic heterocycles. The molecule has 3 heterocycles. The quantitative estimate of drug-likeness (QED) is 0.171. The lowest BCUT2D eigenvalue weighted by Gasteiger charge is -2.13. The SMILES string of the molecule is c1ccc(-c2ccc(-c3nc(-c4ccccc4)nc(-c4cc5c(c6ccccc6n5-c5ccccc5)c5c4ccc4nc(-c6ccccc6)oc45)n3)cc2)cc1. The van der Waals surface area contributed by atoms with Gasteiger partial charge in [-0.15, -0.1) is 0 Å². The van der Waals surface area contributed by atoms with Gasteiger partial charge < -0.3 is 8.98 Å². The molecule has 262 valence electrons. The molecule has 0 atom stereocenters. The lowest BCUT2D eigenvalue weighted by atomic mass is 9.97. The Morgan fingerprint density at radius 2 is 0.911 bits per heavy atom. The molecule has 0 N–H and O–H groups in total. The van der Waals surface area contributed by atoms with Crippen LogP contribution in [0, 0.1) is 0 Å². The summed E-state index contributed by atoms with van der Waals surface area (Å²) in [5, 5.41) is 4.13. The van der Waals surface area contributed by atoms with Crippen molar-refractivity contribution in [1.29, 1.82) is 0 Å². The van der Waals surface area contributed by atoms with Crippen LogP contribution in [0.3, 0.4) is 0 Å². The highest BCUT2D eigenvalue weighted by molar-refractivity contribution is 6.29. The molecular weight excluding hydrogens is 687 g/mol. The van der Waals surface area contributed by atoms with Crippen molar-refractivity contribution in [2.24, 2.45) is 0 Å². The van der Waals surface area contributed by atoms with E-state index in [2.05, 4.69) is 114 Å². The molecule has 8 aromatic carbocycles. The van der Waals surface area contributed by atoms with E-state index in [1.54, 1.807) is 0 Å². The van der Waals surface area contributed by atoms with Gasteiger partial charge in [-0.05, 0) is 59.0 Å². The van der Waals surface area contributed by atoms with Gasteiger partial charge in [-0.1, -0.05) is 146 Å². The zero-order chi connectivity index (χ0) is 37.0. The third-order valence-electron chi connectivity index (χ3n) is 10.5. The molecule has 56 heavy (non-hydrogen) atoms. The summed E-state index contributed by atoms with van der Waals surface area (Å²) in [6.07, 6.45) is 0. The van der Waals surface area contributed by atoms with Crippen LogP contribution >= 0.6 is 0 Å². The molecule has 0 aliphatic rings. The smallest absolute Gasteiger partial charge is 0.227 e. The number of hydrogen-bond donors (Lipinski definition) is 0. The minimum Gasteiger partial charge on any atom is -0.435 e. The second kappa shape index (κ2) is 13.0. The number of para-hydroxylation sites is 2. The third-order valence-corrected chi connectivity index (χ3v) is 10.5. The molecule has 11 aromatic rings. The van der Waals surface area contributed by atoms with Crippen molar-refractivity contribution in [3.63, 3.8) is 0 Å². The summed E-state index contributed by atoms with van der Waals surface area (Å²) in [5.74, 6) is 2.34. The van der Waals surface area contributed by atoms with Crippen molar-refractivity contribution in [3.05, 3.63) is 188 Å². The van der Waals surface area contributed by atoms with Crippen LogP contribution in [0.1, 0.15) is 0 Å². The molecule has 0 saturated heterocycles. The van der Waals surface area contributed by atoms with Crippen LogP contribution in [0.25, 0.3) is 106 Å². The van der Waals surface area contributed by atoms with Crippen LogP contribution in [0.15, 0.2) is 192 Å². The van der Waals surface area contributed by atoms with E-state index in [1.165, 1.54) is 0 Å². The van der Waals surface area contributed by atoms with Crippen molar-refractivity contribution in [2.75, 3.05) is 0 Å². The maximum atomic E-state index is 6.79. The second-order valence-corrected chi connectivity index (χ2v) is 13.8. The van der Waals surface area contributed by atoms with E-state index in [-0.39, 0.29) is 0 Å². The van der Waals surface area contributed by atoms with Gasteiger partial charge in [0.25, 0.3) is 0 Å². The largest absolute Gasteiger partial charge is 0.435 e. The molecule has 0 radical (unpaired) electrons. The Bertz CT molecular complexity index is 3210. The van der Waals surface area contributed by atoms with Crippen LogP contribution in [-0.4, -0.2) is 24.5 Å². The van der Waals surface area contributed by atoms with Gasteiger partial charge in [0.05, 0.1) is 11.0 Å². The van der Waals surface area contributed by atoms with Crippen LogP contribution in [0.2, 0.25) is 0 Å². The van der Waals surface area contributed by atoms with Gasteiger partial charge in [-0.25, -0.2) is 19.9 Å². The van der Waals surface area contributed by atoms with Crippen LogP contribution in [0.4, 0.5) is 0 Å². The maximum Gasteiger partial charge on any atom is 0.227 e. The molecule has 0 aliphatic heterocycles. The highest BCUT2D eigenvalue weighted by atomic mass is 16.3. The van der Waals surface area contributed by atoms with E-state index >= 15 is 0 Å². The van der Waals surface area contributed by atoms with Crippen molar-refractivity contribution < 1.29 is 4.42 Å². The fourth-order valence-corrected chi connectivity index (χ4v) is 7.87. The highest BCUT2D eigenvalue weighted by Crippen LogP contribution is 2.44. The van der Waals surface area contributed by atoms with Crippen molar-refractivity contribution >= 4 is 43.7 Å². The normalized spacial score (nSPS) is 11.6. The highest BCUT2D eigenvalue weighted by Gasteiger charge is 2.24. The van der Waals surface area contributed by atoms with Crippen molar-refractivity contribution in [1.82, 2.24) is 24.5 Å². The first-order valence-corrected chi connectivity index (χ1v) is 18.6. The fraction of sp³-hybridized carbons (Fsp3) is 0. The van der Waals surface area contributed by atoms with E-state index in [1.807, 2.05) is 78.9 Å². The topological polar surface area (TPSA) is 69.6 Å². The Balaban J connectivity index is 1.23. The average Bonchev–Trinajstić information content (AvgIpc) is 3.87. The minimum atomic E-state index is 0.569. The summed E-state index contributed by atoms with van der Waals surface area (Å²) in [6, 6.07) is 64.5. The summed E-state index contributed by atoms with van der Waals surface area (Å²) < 4.78 is 9.11. The van der Waals surface area contributed by atoms with Gasteiger partial charge in [0.1, 0.15) is 5.52 Å². The number of rotatable bonds is 6. The standard InChI is InChI=1S/C50H31N5O/c1-5-15-32(16-6-1)33-25-27-35(28-26-33)48-52-47(34-17-7-2-8-18-34)53-49(54-48)40-31-43-44(39-23-13-14-24-42(39)55(43)37-21-11-4-12-22-37)45-38(40)29-30-41-46(45)56-50(51-41)36-19-9-3-10-20-36/h1-31H. The summed E-state index contributed by atoms with van der Waals surface area (Å²) in [5.41, 5.74) is 10.5. The second-order valence-electron chi connectivity index (χ2n) is 13.8. The summed E-state index contributed by atoms with van der Waals surface area (Å²) in [4.78, 5) is 20.6. The molecule has 0 saturated carbocycles. The van der Waals surface area contributed by atoms with E-state index in [4.69, 9.17) is 24.4 Å². The zero-order valence-corrected chi connectivity index (χ0v) is 30.0. The fourth-order valence-electron chi connectivity index (χ4n) is 7.87. The minimum absolute atomic E-state index is 0.569. The lowest BCUT2D eigenvalue weighted by molar-refractivity contribution is 0.623. The lowest BCUT2D eigenvalue weighted by Crippen LogP contribution is -2.01. The number of fused-ring (bicyclic) bond motifs is 7. The van der Waals surface area contributed by atoms with Crippen molar-refractivity contribution in [2.45, 2.75) is 0 Å². The Morgan fingerprint density at radius 1 is 0.375 bits per heavy atom. The summed E-state index contributed by atoms with van der Waals surface area (Å²) >= 11 is 0. The molecule has 0 aliphatic carbocycles. The Kier molecular flexibility index (Phi) is 7.38. The van der Waals surface area contributed by atoms with Crippen LogP contribution in [0.5, 0.6) is 0 Å². The Hall–Kier alpha value is -7.70. The number of hydrogen-bond acceptors (Lipinski definition) is 5. The molecule has 11 rings (SSSR count). The number of aromatic nitrogens is 5. The molecule has 0 unspecified atom stereocenters. The summed E-state index contributed by atoms with van der Waals surface area (Å²) in [6.45, 7) is 0. The average molecular weight is 718 g/mol. The molecule has 6 heteroatoms. The van der Waals surface area contributed by atoms with Crippen LogP contribution in [-0.2, 0) is 0 Å². The first-order chi connectivity index (χ1) is 27.8. The van der Waals surface area contributed by atoms with Crippen LogP contribution < -0.4 is 0 Å². The van der Waals surface area contributed by atoms with Gasteiger partial charge in [0.15, 0.2) is 23.1 Å².